The minimum Gasteiger partial charge on any atom is -0.357 e. The van der Waals surface area contributed by atoms with E-state index in [9.17, 15) is 0 Å². The standard InChI is InChI=1S/C21H43N5/c1-5-22-20(23-13-9-10-19(2)3)24-18-21(11-16-25(4)17-12-21)26-14-7-6-8-15-26/h19H,5-18H2,1-4H3,(H2,22,23,24). The quantitative estimate of drug-likeness (QED) is 0.394. The van der Waals surface area contributed by atoms with E-state index in [0.717, 1.165) is 31.5 Å². The van der Waals surface area contributed by atoms with E-state index in [2.05, 4.69) is 48.3 Å². The normalized spacial score (nSPS) is 22.6. The molecule has 0 unspecified atom stereocenters. The second-order valence-electron chi connectivity index (χ2n) is 8.73. The fourth-order valence-electron chi connectivity index (χ4n) is 4.26. The molecule has 0 saturated carbocycles. The maximum Gasteiger partial charge on any atom is 0.191 e. The van der Waals surface area contributed by atoms with Crippen molar-refractivity contribution in [1.82, 2.24) is 20.4 Å². The largest absolute Gasteiger partial charge is 0.357 e. The van der Waals surface area contributed by atoms with E-state index in [-0.39, 0.29) is 5.54 Å². The summed E-state index contributed by atoms with van der Waals surface area (Å²) in [5.74, 6) is 1.78. The fraction of sp³-hybridized carbons (Fsp3) is 0.952. The molecule has 0 aromatic rings. The Morgan fingerprint density at radius 3 is 2.35 bits per heavy atom. The molecule has 26 heavy (non-hydrogen) atoms. The summed E-state index contributed by atoms with van der Waals surface area (Å²) in [7, 11) is 2.25. The molecule has 0 amide bonds. The summed E-state index contributed by atoms with van der Waals surface area (Å²) in [5, 5.41) is 7.00. The maximum absolute atomic E-state index is 5.06. The molecule has 152 valence electrons. The second-order valence-corrected chi connectivity index (χ2v) is 8.73. The second kappa shape index (κ2) is 11.1. The maximum atomic E-state index is 5.06. The first-order valence-electron chi connectivity index (χ1n) is 11.0. The van der Waals surface area contributed by atoms with Gasteiger partial charge >= 0.3 is 0 Å². The molecule has 2 aliphatic rings. The number of hydrogen-bond donors (Lipinski definition) is 2. The molecular formula is C21H43N5. The summed E-state index contributed by atoms with van der Waals surface area (Å²) < 4.78 is 0. The lowest BCUT2D eigenvalue weighted by Gasteiger charge is -2.49. The van der Waals surface area contributed by atoms with Gasteiger partial charge < -0.3 is 15.5 Å². The van der Waals surface area contributed by atoms with Crippen LogP contribution in [0.25, 0.3) is 0 Å². The average molecular weight is 366 g/mol. The minimum absolute atomic E-state index is 0.271. The summed E-state index contributed by atoms with van der Waals surface area (Å²) in [5.41, 5.74) is 0.271. The van der Waals surface area contributed by atoms with Gasteiger partial charge in [-0.1, -0.05) is 20.3 Å². The van der Waals surface area contributed by atoms with Crippen LogP contribution in [0.4, 0.5) is 0 Å². The van der Waals surface area contributed by atoms with Crippen molar-refractivity contribution < 1.29 is 0 Å². The third-order valence-electron chi connectivity index (χ3n) is 6.07. The molecule has 2 rings (SSSR count). The Hall–Kier alpha value is -0.810. The fourth-order valence-corrected chi connectivity index (χ4v) is 4.26. The van der Waals surface area contributed by atoms with E-state index in [1.54, 1.807) is 0 Å². The van der Waals surface area contributed by atoms with Gasteiger partial charge in [-0.2, -0.15) is 0 Å². The van der Waals surface area contributed by atoms with Gasteiger partial charge in [-0.3, -0.25) is 9.89 Å². The van der Waals surface area contributed by atoms with Crippen LogP contribution in [0.5, 0.6) is 0 Å². The molecule has 0 spiro atoms. The van der Waals surface area contributed by atoms with Crippen LogP contribution in [0.3, 0.4) is 0 Å². The summed E-state index contributed by atoms with van der Waals surface area (Å²) in [6, 6.07) is 0. The van der Waals surface area contributed by atoms with Gasteiger partial charge in [-0.25, -0.2) is 0 Å². The first-order chi connectivity index (χ1) is 12.6. The van der Waals surface area contributed by atoms with Crippen molar-refractivity contribution in [3.05, 3.63) is 0 Å². The van der Waals surface area contributed by atoms with Gasteiger partial charge in [0, 0.05) is 18.6 Å². The number of nitrogens with zero attached hydrogens (tertiary/aromatic N) is 3. The van der Waals surface area contributed by atoms with Crippen molar-refractivity contribution in [1.29, 1.82) is 0 Å². The molecule has 0 bridgehead atoms. The van der Waals surface area contributed by atoms with Crippen molar-refractivity contribution in [3.63, 3.8) is 0 Å². The van der Waals surface area contributed by atoms with Gasteiger partial charge in [0.2, 0.25) is 0 Å². The van der Waals surface area contributed by atoms with E-state index in [1.807, 2.05) is 0 Å². The Balaban J connectivity index is 1.98. The number of aliphatic imine (C=N–C) groups is 1. The van der Waals surface area contributed by atoms with Crippen LogP contribution in [-0.2, 0) is 0 Å². The number of piperidine rings is 2. The van der Waals surface area contributed by atoms with E-state index >= 15 is 0 Å². The molecule has 0 radical (unpaired) electrons. The molecule has 5 nitrogen and oxygen atoms in total. The molecule has 2 fully saturated rings. The number of rotatable bonds is 8. The van der Waals surface area contributed by atoms with Crippen LogP contribution < -0.4 is 10.6 Å². The lowest BCUT2D eigenvalue weighted by Crippen LogP contribution is -2.58. The predicted octanol–water partition coefficient (Wildman–Crippen LogP) is 2.93. The molecular weight excluding hydrogens is 322 g/mol. The predicted molar refractivity (Wildman–Crippen MR) is 113 cm³/mol. The topological polar surface area (TPSA) is 42.9 Å². The van der Waals surface area contributed by atoms with Crippen molar-refractivity contribution in [2.45, 2.75) is 71.3 Å². The highest BCUT2D eigenvalue weighted by Gasteiger charge is 2.39. The Morgan fingerprint density at radius 1 is 1.04 bits per heavy atom. The summed E-state index contributed by atoms with van der Waals surface area (Å²) in [4.78, 5) is 10.3. The Kier molecular flexibility index (Phi) is 9.20. The average Bonchev–Trinajstić information content (AvgIpc) is 2.65. The first-order valence-corrected chi connectivity index (χ1v) is 11.0. The van der Waals surface area contributed by atoms with Crippen LogP contribution in [-0.4, -0.2) is 74.2 Å². The molecule has 0 atom stereocenters. The SMILES string of the molecule is CCNC(=NCC1(N2CCCCC2)CCN(C)CC1)NCCCC(C)C. The van der Waals surface area contributed by atoms with Crippen LogP contribution in [0.15, 0.2) is 4.99 Å². The number of hydrogen-bond acceptors (Lipinski definition) is 3. The van der Waals surface area contributed by atoms with E-state index in [4.69, 9.17) is 4.99 Å². The Bertz CT molecular complexity index is 407. The lowest BCUT2D eigenvalue weighted by molar-refractivity contribution is 0.0208. The lowest BCUT2D eigenvalue weighted by atomic mass is 9.84. The van der Waals surface area contributed by atoms with Gasteiger partial charge in [0.05, 0.1) is 6.54 Å². The van der Waals surface area contributed by atoms with Gasteiger partial charge in [-0.05, 0) is 84.6 Å². The van der Waals surface area contributed by atoms with Crippen molar-refractivity contribution >= 4 is 5.96 Å². The summed E-state index contributed by atoms with van der Waals surface area (Å²) >= 11 is 0. The zero-order valence-electron chi connectivity index (χ0n) is 17.8. The summed E-state index contributed by atoms with van der Waals surface area (Å²) in [6.07, 6.45) is 9.10. The van der Waals surface area contributed by atoms with E-state index in [1.165, 1.54) is 71.1 Å². The highest BCUT2D eigenvalue weighted by Crippen LogP contribution is 2.31. The molecule has 0 aliphatic carbocycles. The monoisotopic (exact) mass is 365 g/mol. The smallest absolute Gasteiger partial charge is 0.191 e. The molecule has 2 N–H and O–H groups in total. The van der Waals surface area contributed by atoms with E-state index in [0.29, 0.717) is 0 Å². The highest BCUT2D eigenvalue weighted by atomic mass is 15.3. The van der Waals surface area contributed by atoms with Crippen LogP contribution in [0.2, 0.25) is 0 Å². The van der Waals surface area contributed by atoms with Gasteiger partial charge in [0.25, 0.3) is 0 Å². The first kappa shape index (κ1) is 21.5. The molecule has 0 aromatic heterocycles. The van der Waals surface area contributed by atoms with Crippen LogP contribution in [0.1, 0.15) is 65.7 Å². The molecule has 2 saturated heterocycles. The summed E-state index contributed by atoms with van der Waals surface area (Å²) in [6.45, 7) is 14.5. The number of guanidine groups is 1. The highest BCUT2D eigenvalue weighted by molar-refractivity contribution is 5.79. The van der Waals surface area contributed by atoms with Crippen LogP contribution >= 0.6 is 0 Å². The third kappa shape index (κ3) is 6.73. The zero-order valence-corrected chi connectivity index (χ0v) is 17.8. The molecule has 2 heterocycles. The zero-order chi connectivity index (χ0) is 18.8. The minimum atomic E-state index is 0.271. The van der Waals surface area contributed by atoms with Crippen molar-refractivity contribution in [2.24, 2.45) is 10.9 Å². The Labute approximate surface area is 162 Å². The molecule has 0 aromatic carbocycles. The van der Waals surface area contributed by atoms with Gasteiger partial charge in [-0.15, -0.1) is 0 Å². The van der Waals surface area contributed by atoms with E-state index < -0.39 is 0 Å². The third-order valence-corrected chi connectivity index (χ3v) is 6.07. The number of likely N-dealkylation sites (tertiary alicyclic amines) is 2. The van der Waals surface area contributed by atoms with Crippen molar-refractivity contribution in [3.8, 4) is 0 Å². The number of nitrogens with one attached hydrogen (secondary N) is 2. The Morgan fingerprint density at radius 2 is 1.73 bits per heavy atom. The van der Waals surface area contributed by atoms with Crippen LogP contribution in [0, 0.1) is 5.92 Å². The van der Waals surface area contributed by atoms with Gasteiger partial charge in [0.15, 0.2) is 5.96 Å². The van der Waals surface area contributed by atoms with Crippen molar-refractivity contribution in [2.75, 3.05) is 52.9 Å². The molecule has 5 heteroatoms. The molecule has 2 aliphatic heterocycles. The van der Waals surface area contributed by atoms with Gasteiger partial charge in [0.1, 0.15) is 0 Å².